The first-order chi connectivity index (χ1) is 9.20. The first kappa shape index (κ1) is 12.6. The number of aromatic amines is 1. The Kier molecular flexibility index (Phi) is 3.24. The number of fused-ring (bicyclic) bond motifs is 1. The van der Waals surface area contributed by atoms with Gasteiger partial charge in [0.2, 0.25) is 0 Å². The van der Waals surface area contributed by atoms with Crippen LogP contribution in [0.15, 0.2) is 29.6 Å². The highest BCUT2D eigenvalue weighted by Crippen LogP contribution is 2.29. The fourth-order valence-corrected chi connectivity index (χ4v) is 3.60. The van der Waals surface area contributed by atoms with E-state index in [1.165, 1.54) is 4.88 Å². The number of H-pyrrole nitrogens is 1. The van der Waals surface area contributed by atoms with Crippen LogP contribution in [0.4, 0.5) is 0 Å². The van der Waals surface area contributed by atoms with Crippen LogP contribution in [0, 0.1) is 11.7 Å². The number of aromatic nitrogens is 3. The Balaban J connectivity index is 2.26. The molecule has 1 N–H and O–H groups in total. The highest BCUT2D eigenvalue weighted by atomic mass is 32.1. The minimum Gasteiger partial charge on any atom is -0.329 e. The molecule has 0 saturated heterocycles. The molecule has 0 aliphatic rings. The number of pyridine rings is 1. The zero-order chi connectivity index (χ0) is 13.4. The van der Waals surface area contributed by atoms with Crippen LogP contribution >= 0.6 is 23.6 Å². The lowest BCUT2D eigenvalue weighted by atomic mass is 10.2. The Hall–Kier alpha value is -1.46. The van der Waals surface area contributed by atoms with Crippen molar-refractivity contribution in [2.45, 2.75) is 26.3 Å². The monoisotopic (exact) mass is 289 g/mol. The molecular formula is C14H15N3S2. The van der Waals surface area contributed by atoms with E-state index >= 15 is 0 Å². The number of hydrogen-bond donors (Lipinski definition) is 1. The van der Waals surface area contributed by atoms with E-state index in [0.717, 1.165) is 28.0 Å². The SMILES string of the molecule is CCC(c1cccs1)n1c(=S)[nH]c2ccc(C)nc21. The number of aryl methyl sites for hydroxylation is 1. The summed E-state index contributed by atoms with van der Waals surface area (Å²) in [5.41, 5.74) is 2.96. The predicted molar refractivity (Wildman–Crippen MR) is 82.4 cm³/mol. The molecule has 0 radical (unpaired) electrons. The highest BCUT2D eigenvalue weighted by Gasteiger charge is 2.17. The molecule has 1 unspecified atom stereocenters. The summed E-state index contributed by atoms with van der Waals surface area (Å²) < 4.78 is 2.89. The Bertz CT molecular complexity index is 753. The normalized spacial score (nSPS) is 12.9. The van der Waals surface area contributed by atoms with Gasteiger partial charge in [0.25, 0.3) is 0 Å². The van der Waals surface area contributed by atoms with E-state index in [4.69, 9.17) is 12.2 Å². The Morgan fingerprint density at radius 3 is 2.95 bits per heavy atom. The second-order valence-electron chi connectivity index (χ2n) is 4.56. The second kappa shape index (κ2) is 4.90. The van der Waals surface area contributed by atoms with Gasteiger partial charge < -0.3 is 4.98 Å². The van der Waals surface area contributed by atoms with Crippen molar-refractivity contribution >= 4 is 34.7 Å². The van der Waals surface area contributed by atoms with Crippen LogP contribution in [0.1, 0.15) is 30.0 Å². The predicted octanol–water partition coefficient (Wildman–Crippen LogP) is 4.46. The van der Waals surface area contributed by atoms with E-state index in [0.29, 0.717) is 0 Å². The molecule has 0 amide bonds. The molecule has 3 heterocycles. The van der Waals surface area contributed by atoms with Crippen LogP contribution < -0.4 is 0 Å². The van der Waals surface area contributed by atoms with E-state index in [-0.39, 0.29) is 6.04 Å². The molecule has 0 saturated carbocycles. The quantitative estimate of drug-likeness (QED) is 0.722. The third-order valence-corrected chi connectivity index (χ3v) is 4.55. The van der Waals surface area contributed by atoms with Crippen molar-refractivity contribution in [1.82, 2.24) is 14.5 Å². The number of rotatable bonds is 3. The molecule has 1 atom stereocenters. The standard InChI is InChI=1S/C14H15N3S2/c1-3-11(12-5-4-8-19-12)17-13-10(16-14(17)18)7-6-9(2)15-13/h4-8,11H,3H2,1-2H3,(H,16,18). The van der Waals surface area contributed by atoms with Crippen molar-refractivity contribution in [3.05, 3.63) is 45.0 Å². The largest absolute Gasteiger partial charge is 0.329 e. The van der Waals surface area contributed by atoms with Gasteiger partial charge in [-0.25, -0.2) is 4.98 Å². The molecule has 3 rings (SSSR count). The van der Waals surface area contributed by atoms with Crippen molar-refractivity contribution < 1.29 is 0 Å². The summed E-state index contributed by atoms with van der Waals surface area (Å²) in [5.74, 6) is 0. The first-order valence-electron chi connectivity index (χ1n) is 6.32. The summed E-state index contributed by atoms with van der Waals surface area (Å²) in [6.07, 6.45) is 0.997. The third-order valence-electron chi connectivity index (χ3n) is 3.27. The maximum absolute atomic E-state index is 5.48. The molecule has 5 heteroatoms. The van der Waals surface area contributed by atoms with Crippen molar-refractivity contribution in [3.8, 4) is 0 Å². The van der Waals surface area contributed by atoms with Crippen LogP contribution in [-0.2, 0) is 0 Å². The highest BCUT2D eigenvalue weighted by molar-refractivity contribution is 7.71. The van der Waals surface area contributed by atoms with Crippen molar-refractivity contribution in [3.63, 3.8) is 0 Å². The van der Waals surface area contributed by atoms with Gasteiger partial charge in [-0.1, -0.05) is 13.0 Å². The van der Waals surface area contributed by atoms with E-state index in [1.807, 2.05) is 19.1 Å². The summed E-state index contributed by atoms with van der Waals surface area (Å²) in [6, 6.07) is 8.56. The topological polar surface area (TPSA) is 33.6 Å². The van der Waals surface area contributed by atoms with Crippen molar-refractivity contribution in [1.29, 1.82) is 0 Å². The van der Waals surface area contributed by atoms with Gasteiger partial charge in [-0.3, -0.25) is 4.57 Å². The maximum atomic E-state index is 5.48. The van der Waals surface area contributed by atoms with Gasteiger partial charge in [-0.2, -0.15) is 0 Å². The van der Waals surface area contributed by atoms with Crippen molar-refractivity contribution in [2.75, 3.05) is 0 Å². The van der Waals surface area contributed by atoms with E-state index in [9.17, 15) is 0 Å². The minimum absolute atomic E-state index is 0.260. The van der Waals surface area contributed by atoms with Gasteiger partial charge >= 0.3 is 0 Å². The summed E-state index contributed by atoms with van der Waals surface area (Å²) in [7, 11) is 0. The number of nitrogens with zero attached hydrogens (tertiary/aromatic N) is 2. The molecule has 98 valence electrons. The van der Waals surface area contributed by atoms with E-state index in [2.05, 4.69) is 39.0 Å². The average Bonchev–Trinajstić information content (AvgIpc) is 3.00. The fraction of sp³-hybridized carbons (Fsp3) is 0.286. The van der Waals surface area contributed by atoms with Gasteiger partial charge in [0.1, 0.15) is 0 Å². The molecular weight excluding hydrogens is 274 g/mol. The van der Waals surface area contributed by atoms with Gasteiger partial charge in [0.05, 0.1) is 11.6 Å². The van der Waals surface area contributed by atoms with Gasteiger partial charge in [-0.05, 0) is 49.1 Å². The van der Waals surface area contributed by atoms with E-state index in [1.54, 1.807) is 11.3 Å². The summed E-state index contributed by atoms with van der Waals surface area (Å²) >= 11 is 7.25. The summed E-state index contributed by atoms with van der Waals surface area (Å²) in [6.45, 7) is 4.19. The number of imidazole rings is 1. The molecule has 0 fully saturated rings. The molecule has 3 aromatic heterocycles. The Labute approximate surface area is 120 Å². The van der Waals surface area contributed by atoms with Gasteiger partial charge in [0.15, 0.2) is 10.4 Å². The number of thiophene rings is 1. The van der Waals surface area contributed by atoms with Crippen LogP contribution in [0.2, 0.25) is 0 Å². The average molecular weight is 289 g/mol. The van der Waals surface area contributed by atoms with Crippen molar-refractivity contribution in [2.24, 2.45) is 0 Å². The van der Waals surface area contributed by atoms with Crippen LogP contribution in [-0.4, -0.2) is 14.5 Å². The van der Waals surface area contributed by atoms with Gasteiger partial charge in [0, 0.05) is 10.6 Å². The number of hydrogen-bond acceptors (Lipinski definition) is 3. The molecule has 0 aliphatic carbocycles. The van der Waals surface area contributed by atoms with Crippen LogP contribution in [0.25, 0.3) is 11.2 Å². The summed E-state index contributed by atoms with van der Waals surface area (Å²) in [4.78, 5) is 9.22. The molecule has 19 heavy (non-hydrogen) atoms. The Morgan fingerprint density at radius 1 is 1.42 bits per heavy atom. The zero-order valence-electron chi connectivity index (χ0n) is 10.9. The molecule has 0 aliphatic heterocycles. The fourth-order valence-electron chi connectivity index (χ4n) is 2.38. The first-order valence-corrected chi connectivity index (χ1v) is 7.60. The van der Waals surface area contributed by atoms with E-state index < -0.39 is 0 Å². The summed E-state index contributed by atoms with van der Waals surface area (Å²) in [5, 5.41) is 2.11. The van der Waals surface area contributed by atoms with Crippen LogP contribution in [0.3, 0.4) is 0 Å². The molecule has 3 aromatic rings. The lowest BCUT2D eigenvalue weighted by Gasteiger charge is -2.15. The molecule has 0 aromatic carbocycles. The minimum atomic E-state index is 0.260. The molecule has 0 spiro atoms. The Morgan fingerprint density at radius 2 is 2.26 bits per heavy atom. The lowest BCUT2D eigenvalue weighted by Crippen LogP contribution is -2.09. The third kappa shape index (κ3) is 2.13. The smallest absolute Gasteiger partial charge is 0.179 e. The molecule has 0 bridgehead atoms. The van der Waals surface area contributed by atoms with Crippen LogP contribution in [0.5, 0.6) is 0 Å². The lowest BCUT2D eigenvalue weighted by molar-refractivity contribution is 0.580. The maximum Gasteiger partial charge on any atom is 0.179 e. The number of nitrogens with one attached hydrogen (secondary N) is 1. The second-order valence-corrected chi connectivity index (χ2v) is 5.93. The molecule has 3 nitrogen and oxygen atoms in total. The van der Waals surface area contributed by atoms with Gasteiger partial charge in [-0.15, -0.1) is 11.3 Å². The zero-order valence-corrected chi connectivity index (χ0v) is 12.5.